The van der Waals surface area contributed by atoms with Gasteiger partial charge in [-0.2, -0.15) is 0 Å². The van der Waals surface area contributed by atoms with Crippen molar-refractivity contribution in [3.8, 4) is 0 Å². The van der Waals surface area contributed by atoms with Gasteiger partial charge >= 0.3 is 0 Å². The molecule has 1 aromatic heterocycles. The molecule has 1 aliphatic carbocycles. The molecule has 112 valence electrons. The van der Waals surface area contributed by atoms with E-state index in [9.17, 15) is 4.79 Å². The summed E-state index contributed by atoms with van der Waals surface area (Å²) in [6.45, 7) is 4.42. The molecular weight excluding hydrogens is 258 g/mol. The predicted molar refractivity (Wildman–Crippen MR) is 74.8 cm³/mol. The minimum absolute atomic E-state index is 0.00965. The van der Waals surface area contributed by atoms with Crippen molar-refractivity contribution in [1.29, 1.82) is 0 Å². The number of carbonyl (C=O) groups is 1. The second-order valence-electron chi connectivity index (χ2n) is 5.47. The van der Waals surface area contributed by atoms with E-state index in [0.717, 1.165) is 31.4 Å². The van der Waals surface area contributed by atoms with Crippen LogP contribution in [0.5, 0.6) is 0 Å². The zero-order valence-corrected chi connectivity index (χ0v) is 12.2. The van der Waals surface area contributed by atoms with Gasteiger partial charge in [0.25, 0.3) is 5.91 Å². The van der Waals surface area contributed by atoms with Gasteiger partial charge in [-0.3, -0.25) is 4.79 Å². The predicted octanol–water partition coefficient (Wildman–Crippen LogP) is 1.95. The average Bonchev–Trinajstić information content (AvgIpc) is 3.01. The molecule has 0 spiro atoms. The van der Waals surface area contributed by atoms with E-state index < -0.39 is 0 Å². The fourth-order valence-corrected chi connectivity index (χ4v) is 2.85. The molecule has 1 fully saturated rings. The molecule has 1 saturated carbocycles. The lowest BCUT2D eigenvalue weighted by atomic mass is 10.0. The quantitative estimate of drug-likeness (QED) is 0.836. The number of hydrogen-bond acceptors (Lipinski definition) is 4. The second-order valence-corrected chi connectivity index (χ2v) is 5.47. The van der Waals surface area contributed by atoms with E-state index in [4.69, 9.17) is 14.3 Å². The van der Waals surface area contributed by atoms with Gasteiger partial charge in [0.1, 0.15) is 11.5 Å². The molecule has 1 aliphatic rings. The van der Waals surface area contributed by atoms with Crippen molar-refractivity contribution in [2.24, 2.45) is 0 Å². The summed E-state index contributed by atoms with van der Waals surface area (Å²) in [5, 5.41) is 11.9. The zero-order valence-electron chi connectivity index (χ0n) is 12.2. The number of amides is 1. The summed E-state index contributed by atoms with van der Waals surface area (Å²) in [4.78, 5) is 12.2. The van der Waals surface area contributed by atoms with Crippen LogP contribution in [0.2, 0.25) is 0 Å². The summed E-state index contributed by atoms with van der Waals surface area (Å²) in [5.41, 5.74) is 0.267. The van der Waals surface area contributed by atoms with Crippen LogP contribution in [0.3, 0.4) is 0 Å². The van der Waals surface area contributed by atoms with Gasteiger partial charge < -0.3 is 19.6 Å². The Morgan fingerprint density at radius 2 is 2.15 bits per heavy atom. The molecule has 0 aromatic carbocycles. The van der Waals surface area contributed by atoms with Crippen LogP contribution in [0.4, 0.5) is 0 Å². The molecule has 0 radical (unpaired) electrons. The lowest BCUT2D eigenvalue weighted by Crippen LogP contribution is -2.43. The Bertz CT molecular complexity index is 460. The molecule has 5 nitrogen and oxygen atoms in total. The van der Waals surface area contributed by atoms with Crippen molar-refractivity contribution < 1.29 is 19.1 Å². The summed E-state index contributed by atoms with van der Waals surface area (Å²) in [6.07, 6.45) is 4.06. The van der Waals surface area contributed by atoms with E-state index in [2.05, 4.69) is 5.32 Å². The summed E-state index contributed by atoms with van der Waals surface area (Å²) in [5.74, 6) is 1.25. The molecular formula is C15H23NO4. The first kappa shape index (κ1) is 15.1. The number of carbonyl (C=O) groups excluding carboxylic acids is 1. The number of ether oxygens (including phenoxy) is 1. The van der Waals surface area contributed by atoms with Gasteiger partial charge in [0, 0.05) is 6.54 Å². The average molecular weight is 281 g/mol. The first-order chi connectivity index (χ1) is 9.56. The third-order valence-electron chi connectivity index (χ3n) is 3.87. The van der Waals surface area contributed by atoms with Gasteiger partial charge in [0.05, 0.1) is 24.4 Å². The smallest absolute Gasteiger partial charge is 0.254 e. The largest absolute Gasteiger partial charge is 0.466 e. The van der Waals surface area contributed by atoms with Gasteiger partial charge in [-0.05, 0) is 32.8 Å². The molecule has 5 heteroatoms. The topological polar surface area (TPSA) is 71.7 Å². The summed E-state index contributed by atoms with van der Waals surface area (Å²) < 4.78 is 11.1. The number of nitrogens with one attached hydrogen (secondary N) is 1. The molecule has 20 heavy (non-hydrogen) atoms. The maximum atomic E-state index is 12.2. The van der Waals surface area contributed by atoms with Crippen molar-refractivity contribution >= 4 is 5.91 Å². The normalized spacial score (nSPS) is 17.4. The minimum Gasteiger partial charge on any atom is -0.466 e. The Labute approximate surface area is 119 Å². The number of furan rings is 1. The second kappa shape index (κ2) is 6.41. The fraction of sp³-hybridized carbons (Fsp3) is 0.667. The first-order valence-corrected chi connectivity index (χ1v) is 7.16. The lowest BCUT2D eigenvalue weighted by molar-refractivity contribution is -0.0511. The monoisotopic (exact) mass is 281 g/mol. The Morgan fingerprint density at radius 1 is 1.45 bits per heavy atom. The van der Waals surface area contributed by atoms with Crippen molar-refractivity contribution in [3.05, 3.63) is 23.2 Å². The van der Waals surface area contributed by atoms with Gasteiger partial charge in [0.2, 0.25) is 0 Å². The standard InChI is InChI=1S/C15H23NO4/c1-11-9-13(12(2)20-11)14(18)16-10-15(19-8-7-17)5-3-4-6-15/h9,17H,3-8,10H2,1-2H3,(H,16,18). The molecule has 0 saturated heterocycles. The third-order valence-corrected chi connectivity index (χ3v) is 3.87. The molecule has 0 bridgehead atoms. The minimum atomic E-state index is -0.314. The van der Waals surface area contributed by atoms with Crippen LogP contribution in [-0.2, 0) is 4.74 Å². The van der Waals surface area contributed by atoms with Gasteiger partial charge in [-0.25, -0.2) is 0 Å². The van der Waals surface area contributed by atoms with E-state index in [1.165, 1.54) is 0 Å². The van der Waals surface area contributed by atoms with Crippen molar-refractivity contribution in [2.45, 2.75) is 45.1 Å². The van der Waals surface area contributed by atoms with E-state index in [1.807, 2.05) is 6.92 Å². The van der Waals surface area contributed by atoms with Crippen LogP contribution in [-0.4, -0.2) is 36.4 Å². The van der Waals surface area contributed by atoms with Crippen LogP contribution in [0.15, 0.2) is 10.5 Å². The molecule has 1 amide bonds. The number of rotatable bonds is 6. The van der Waals surface area contributed by atoms with Crippen LogP contribution in [0.25, 0.3) is 0 Å². The SMILES string of the molecule is Cc1cc(C(=O)NCC2(OCCO)CCCC2)c(C)o1. The molecule has 0 unspecified atom stereocenters. The van der Waals surface area contributed by atoms with E-state index in [1.54, 1.807) is 13.0 Å². The molecule has 2 N–H and O–H groups in total. The fourth-order valence-electron chi connectivity index (χ4n) is 2.85. The van der Waals surface area contributed by atoms with Crippen molar-refractivity contribution in [1.82, 2.24) is 5.32 Å². The molecule has 0 atom stereocenters. The van der Waals surface area contributed by atoms with Crippen LogP contribution < -0.4 is 5.32 Å². The number of hydrogen-bond donors (Lipinski definition) is 2. The van der Waals surface area contributed by atoms with E-state index >= 15 is 0 Å². The molecule has 1 aromatic rings. The van der Waals surface area contributed by atoms with Crippen LogP contribution >= 0.6 is 0 Å². The Hall–Kier alpha value is -1.33. The van der Waals surface area contributed by atoms with Crippen LogP contribution in [0, 0.1) is 13.8 Å². The van der Waals surface area contributed by atoms with E-state index in [0.29, 0.717) is 24.5 Å². The molecule has 1 heterocycles. The maximum absolute atomic E-state index is 12.2. The van der Waals surface area contributed by atoms with Gasteiger partial charge in [-0.15, -0.1) is 0 Å². The number of aliphatic hydroxyl groups is 1. The highest BCUT2D eigenvalue weighted by molar-refractivity contribution is 5.95. The molecule has 2 rings (SSSR count). The Morgan fingerprint density at radius 3 is 2.70 bits per heavy atom. The Kier molecular flexibility index (Phi) is 4.83. The van der Waals surface area contributed by atoms with Crippen LogP contribution in [0.1, 0.15) is 47.6 Å². The number of aryl methyl sites for hydroxylation is 2. The van der Waals surface area contributed by atoms with Gasteiger partial charge in [-0.1, -0.05) is 12.8 Å². The van der Waals surface area contributed by atoms with Gasteiger partial charge in [0.15, 0.2) is 0 Å². The highest BCUT2D eigenvalue weighted by Gasteiger charge is 2.35. The maximum Gasteiger partial charge on any atom is 0.254 e. The highest BCUT2D eigenvalue weighted by Crippen LogP contribution is 2.32. The Balaban J connectivity index is 1.95. The van der Waals surface area contributed by atoms with Crippen molar-refractivity contribution in [2.75, 3.05) is 19.8 Å². The summed E-state index contributed by atoms with van der Waals surface area (Å²) in [6, 6.07) is 1.75. The zero-order chi connectivity index (χ0) is 14.6. The molecule has 0 aliphatic heterocycles. The highest BCUT2D eigenvalue weighted by atomic mass is 16.5. The lowest BCUT2D eigenvalue weighted by Gasteiger charge is -2.29. The van der Waals surface area contributed by atoms with E-state index in [-0.39, 0.29) is 18.1 Å². The number of aliphatic hydroxyl groups excluding tert-OH is 1. The first-order valence-electron chi connectivity index (χ1n) is 7.16. The third kappa shape index (κ3) is 3.41. The van der Waals surface area contributed by atoms with Crippen molar-refractivity contribution in [3.63, 3.8) is 0 Å². The summed E-state index contributed by atoms with van der Waals surface area (Å²) in [7, 11) is 0. The summed E-state index contributed by atoms with van der Waals surface area (Å²) >= 11 is 0.